The first kappa shape index (κ1) is 18.8. The van der Waals surface area contributed by atoms with Gasteiger partial charge in [-0.3, -0.25) is 14.7 Å². The van der Waals surface area contributed by atoms with Crippen LogP contribution >= 0.6 is 0 Å². The molecule has 4 heterocycles. The van der Waals surface area contributed by atoms with E-state index in [-0.39, 0.29) is 12.5 Å². The molecule has 0 saturated carbocycles. The number of aliphatic hydroxyl groups is 1. The fraction of sp³-hybridized carbons (Fsp3) is 0.476. The molecular formula is C21H26N4O3. The van der Waals surface area contributed by atoms with Gasteiger partial charge < -0.3 is 14.7 Å². The lowest BCUT2D eigenvalue weighted by Gasteiger charge is -2.36. The summed E-state index contributed by atoms with van der Waals surface area (Å²) in [6.07, 6.45) is 6.99. The molecule has 1 N–H and O–H groups in total. The minimum atomic E-state index is -0.0164. The van der Waals surface area contributed by atoms with Crippen molar-refractivity contribution in [2.45, 2.75) is 25.4 Å². The number of carbonyl (C=O) groups is 1. The first-order valence-electron chi connectivity index (χ1n) is 9.85. The molecule has 2 bridgehead atoms. The van der Waals surface area contributed by atoms with Crippen molar-refractivity contribution in [1.29, 1.82) is 0 Å². The molecule has 3 fully saturated rings. The maximum atomic E-state index is 12.8. The van der Waals surface area contributed by atoms with E-state index >= 15 is 0 Å². The molecule has 3 aliphatic heterocycles. The molecule has 3 saturated heterocycles. The summed E-state index contributed by atoms with van der Waals surface area (Å²) >= 11 is 0. The minimum absolute atomic E-state index is 0.0163. The Morgan fingerprint density at radius 2 is 2.00 bits per heavy atom. The number of ether oxygens (including phenoxy) is 1. The third-order valence-electron chi connectivity index (χ3n) is 5.57. The summed E-state index contributed by atoms with van der Waals surface area (Å²) < 4.78 is 5.43. The molecule has 2 atom stereocenters. The number of aliphatic hydroxyl groups excluding tert-OH is 1. The van der Waals surface area contributed by atoms with Crippen LogP contribution in [0.15, 0.2) is 42.9 Å². The molecule has 0 spiro atoms. The second-order valence-corrected chi connectivity index (χ2v) is 7.54. The normalized spacial score (nSPS) is 22.1. The molecule has 0 radical (unpaired) electrons. The summed E-state index contributed by atoms with van der Waals surface area (Å²) in [5.74, 6) is 1.25. The van der Waals surface area contributed by atoms with Crippen molar-refractivity contribution >= 4 is 5.91 Å². The Morgan fingerprint density at radius 1 is 1.14 bits per heavy atom. The molecule has 1 amide bonds. The Bertz CT molecular complexity index is 784. The van der Waals surface area contributed by atoms with Crippen LogP contribution in [0.25, 0.3) is 0 Å². The minimum Gasteiger partial charge on any atom is -0.491 e. The fourth-order valence-corrected chi connectivity index (χ4v) is 4.20. The van der Waals surface area contributed by atoms with Gasteiger partial charge in [0.05, 0.1) is 12.8 Å². The summed E-state index contributed by atoms with van der Waals surface area (Å²) in [4.78, 5) is 25.5. The van der Waals surface area contributed by atoms with Crippen molar-refractivity contribution in [1.82, 2.24) is 19.8 Å². The number of aromatic nitrogens is 2. The third kappa shape index (κ3) is 4.31. The number of carbonyl (C=O) groups excluding carboxylic acids is 1. The lowest BCUT2D eigenvalue weighted by molar-refractivity contribution is 0.0729. The first-order valence-corrected chi connectivity index (χ1v) is 9.85. The van der Waals surface area contributed by atoms with E-state index in [2.05, 4.69) is 27.0 Å². The van der Waals surface area contributed by atoms with Gasteiger partial charge in [0.1, 0.15) is 18.1 Å². The smallest absolute Gasteiger partial charge is 0.274 e. The molecule has 7 heteroatoms. The van der Waals surface area contributed by atoms with E-state index < -0.39 is 0 Å². The van der Waals surface area contributed by atoms with Gasteiger partial charge in [0.25, 0.3) is 5.91 Å². The summed E-state index contributed by atoms with van der Waals surface area (Å²) in [6, 6.07) is 8.42. The summed E-state index contributed by atoms with van der Waals surface area (Å²) in [6.45, 7) is 3.74. The molecular weight excluding hydrogens is 356 g/mol. The zero-order valence-electron chi connectivity index (χ0n) is 15.9. The Morgan fingerprint density at radius 3 is 2.75 bits per heavy atom. The molecule has 0 unspecified atom stereocenters. The number of benzene rings is 1. The van der Waals surface area contributed by atoms with E-state index in [1.807, 2.05) is 17.0 Å². The quantitative estimate of drug-likeness (QED) is 0.817. The Labute approximate surface area is 165 Å². The zero-order chi connectivity index (χ0) is 19.3. The molecule has 3 aliphatic rings. The lowest BCUT2D eigenvalue weighted by Crippen LogP contribution is -2.44. The molecule has 2 aromatic rings. The maximum Gasteiger partial charge on any atom is 0.274 e. The number of hydrogen-bond acceptors (Lipinski definition) is 6. The van der Waals surface area contributed by atoms with Crippen molar-refractivity contribution in [3.63, 3.8) is 0 Å². The van der Waals surface area contributed by atoms with Crippen LogP contribution in [0, 0.1) is 5.92 Å². The Kier molecular flexibility index (Phi) is 5.83. The van der Waals surface area contributed by atoms with Crippen LogP contribution in [0.4, 0.5) is 0 Å². The van der Waals surface area contributed by atoms with Gasteiger partial charge in [-0.1, -0.05) is 12.1 Å². The van der Waals surface area contributed by atoms with E-state index in [9.17, 15) is 4.79 Å². The average molecular weight is 382 g/mol. The predicted molar refractivity (Wildman–Crippen MR) is 104 cm³/mol. The monoisotopic (exact) mass is 382 g/mol. The Hall–Kier alpha value is -2.51. The second-order valence-electron chi connectivity index (χ2n) is 7.54. The standard InChI is InChI=1S/C21H26N4O3/c26-9-10-28-19-5-2-16(3-6-19)12-24-13-17-1-4-18(24)15-25(14-17)21(27)20-11-22-7-8-23-20/h2-3,5-8,11,17-18,26H,1,4,9-10,12-15H2/t17-,18-/m1/s1. The lowest BCUT2D eigenvalue weighted by atomic mass is 9.94. The number of rotatable bonds is 6. The predicted octanol–water partition coefficient (Wildman–Crippen LogP) is 1.58. The van der Waals surface area contributed by atoms with E-state index in [1.165, 1.54) is 12.0 Å². The molecule has 1 aromatic carbocycles. The first-order chi connectivity index (χ1) is 13.7. The van der Waals surface area contributed by atoms with Crippen LogP contribution in [0.5, 0.6) is 5.75 Å². The molecule has 7 nitrogen and oxygen atoms in total. The Balaban J connectivity index is 1.41. The van der Waals surface area contributed by atoms with E-state index in [0.717, 1.165) is 38.3 Å². The van der Waals surface area contributed by atoms with Crippen molar-refractivity contribution in [3.05, 3.63) is 54.1 Å². The van der Waals surface area contributed by atoms with Crippen molar-refractivity contribution in [3.8, 4) is 5.75 Å². The highest BCUT2D eigenvalue weighted by Crippen LogP contribution is 2.30. The van der Waals surface area contributed by atoms with Gasteiger partial charge in [-0.2, -0.15) is 0 Å². The second kappa shape index (κ2) is 8.67. The van der Waals surface area contributed by atoms with Crippen LogP contribution in [0.1, 0.15) is 28.9 Å². The van der Waals surface area contributed by atoms with Crippen molar-refractivity contribution in [2.75, 3.05) is 32.8 Å². The van der Waals surface area contributed by atoms with E-state index in [0.29, 0.717) is 24.3 Å². The van der Waals surface area contributed by atoms with Crippen LogP contribution < -0.4 is 4.74 Å². The van der Waals surface area contributed by atoms with Gasteiger partial charge in [0, 0.05) is 44.6 Å². The number of amides is 1. The zero-order valence-corrected chi connectivity index (χ0v) is 15.9. The SMILES string of the molecule is O=C(c1cnccn1)N1C[C@@H]2CC[C@H](C1)N(Cc1ccc(OCCO)cc1)C2. The average Bonchev–Trinajstić information content (AvgIpc) is 3.05. The van der Waals surface area contributed by atoms with Gasteiger partial charge in [0.2, 0.25) is 0 Å². The maximum absolute atomic E-state index is 12.8. The summed E-state index contributed by atoms with van der Waals surface area (Å²) in [5, 5.41) is 8.85. The number of fused-ring (bicyclic) bond motifs is 4. The number of hydrogen-bond donors (Lipinski definition) is 1. The fourth-order valence-electron chi connectivity index (χ4n) is 4.20. The topological polar surface area (TPSA) is 78.8 Å². The molecule has 148 valence electrons. The van der Waals surface area contributed by atoms with Gasteiger partial charge in [0.15, 0.2) is 0 Å². The van der Waals surface area contributed by atoms with Gasteiger partial charge in [-0.15, -0.1) is 0 Å². The molecule has 28 heavy (non-hydrogen) atoms. The van der Waals surface area contributed by atoms with Gasteiger partial charge in [-0.05, 0) is 36.5 Å². The molecule has 5 rings (SSSR count). The number of piperidine rings is 1. The largest absolute Gasteiger partial charge is 0.491 e. The van der Waals surface area contributed by atoms with Crippen LogP contribution in [0.3, 0.4) is 0 Å². The number of nitrogens with zero attached hydrogens (tertiary/aromatic N) is 4. The highest BCUT2D eigenvalue weighted by molar-refractivity contribution is 5.92. The van der Waals surface area contributed by atoms with Crippen LogP contribution in [0.2, 0.25) is 0 Å². The van der Waals surface area contributed by atoms with Gasteiger partial charge >= 0.3 is 0 Å². The molecule has 1 aromatic heterocycles. The van der Waals surface area contributed by atoms with E-state index in [1.54, 1.807) is 18.6 Å². The highest BCUT2D eigenvalue weighted by Gasteiger charge is 2.36. The van der Waals surface area contributed by atoms with Crippen molar-refractivity contribution in [2.24, 2.45) is 5.92 Å². The van der Waals surface area contributed by atoms with Crippen molar-refractivity contribution < 1.29 is 14.6 Å². The van der Waals surface area contributed by atoms with Crippen LogP contribution in [-0.2, 0) is 6.54 Å². The summed E-state index contributed by atoms with van der Waals surface area (Å²) in [7, 11) is 0. The summed E-state index contributed by atoms with van der Waals surface area (Å²) in [5.41, 5.74) is 1.66. The van der Waals surface area contributed by atoms with Gasteiger partial charge in [-0.25, -0.2) is 4.98 Å². The van der Waals surface area contributed by atoms with Crippen LogP contribution in [-0.4, -0.2) is 69.7 Å². The van der Waals surface area contributed by atoms with E-state index in [4.69, 9.17) is 9.84 Å². The highest BCUT2D eigenvalue weighted by atomic mass is 16.5. The molecule has 0 aliphatic carbocycles. The third-order valence-corrected chi connectivity index (χ3v) is 5.57.